The van der Waals surface area contributed by atoms with Gasteiger partial charge in [-0.2, -0.15) is 5.10 Å². The molecule has 3 nitrogen and oxygen atoms in total. The second-order valence-corrected chi connectivity index (χ2v) is 5.54. The first-order valence-electron chi connectivity index (χ1n) is 6.08. The standard InChI is InChI=1S/C14H18N2OS/c1-3-18-13-6-4-11(5-7-13)14(17)10-12-8-9-16(2)15-12/h4-9,14,17H,3,10H2,1-2H3. The molecule has 1 N–H and O–H groups in total. The van der Waals surface area contributed by atoms with Crippen LogP contribution >= 0.6 is 11.8 Å². The Bertz CT molecular complexity index is 493. The molecule has 0 aliphatic heterocycles. The van der Waals surface area contributed by atoms with Crippen LogP contribution in [0.5, 0.6) is 0 Å². The van der Waals surface area contributed by atoms with Gasteiger partial charge in [0.25, 0.3) is 0 Å². The van der Waals surface area contributed by atoms with Crippen LogP contribution in [0.3, 0.4) is 0 Å². The van der Waals surface area contributed by atoms with E-state index in [9.17, 15) is 5.11 Å². The lowest BCUT2D eigenvalue weighted by molar-refractivity contribution is 0.177. The molecule has 1 unspecified atom stereocenters. The first-order valence-corrected chi connectivity index (χ1v) is 7.07. The maximum Gasteiger partial charge on any atom is 0.0846 e. The van der Waals surface area contributed by atoms with Crippen molar-refractivity contribution in [1.29, 1.82) is 0 Å². The third kappa shape index (κ3) is 3.37. The summed E-state index contributed by atoms with van der Waals surface area (Å²) in [6.45, 7) is 2.13. The number of hydrogen-bond acceptors (Lipinski definition) is 3. The molecular formula is C14H18N2OS. The van der Waals surface area contributed by atoms with Gasteiger partial charge in [-0.1, -0.05) is 19.1 Å². The molecule has 18 heavy (non-hydrogen) atoms. The second kappa shape index (κ2) is 6.07. The third-order valence-electron chi connectivity index (χ3n) is 2.75. The Morgan fingerprint density at radius 1 is 1.28 bits per heavy atom. The Labute approximate surface area is 112 Å². The molecule has 1 atom stereocenters. The zero-order chi connectivity index (χ0) is 13.0. The predicted molar refractivity (Wildman–Crippen MR) is 74.7 cm³/mol. The highest BCUT2D eigenvalue weighted by Crippen LogP contribution is 2.22. The lowest BCUT2D eigenvalue weighted by Gasteiger charge is -2.10. The SMILES string of the molecule is CCSc1ccc(C(O)Cc2ccn(C)n2)cc1. The van der Waals surface area contributed by atoms with E-state index < -0.39 is 6.10 Å². The minimum Gasteiger partial charge on any atom is -0.388 e. The Kier molecular flexibility index (Phi) is 4.44. The third-order valence-corrected chi connectivity index (χ3v) is 3.64. The zero-order valence-corrected chi connectivity index (χ0v) is 11.5. The molecule has 0 aliphatic rings. The summed E-state index contributed by atoms with van der Waals surface area (Å²) in [4.78, 5) is 1.24. The van der Waals surface area contributed by atoms with E-state index in [1.165, 1.54) is 4.90 Å². The topological polar surface area (TPSA) is 38.0 Å². The van der Waals surface area contributed by atoms with Gasteiger partial charge in [0.05, 0.1) is 11.8 Å². The van der Waals surface area contributed by atoms with E-state index >= 15 is 0 Å². The van der Waals surface area contributed by atoms with Gasteiger partial charge in [0.15, 0.2) is 0 Å². The first-order chi connectivity index (χ1) is 8.69. The van der Waals surface area contributed by atoms with Crippen LogP contribution in [-0.4, -0.2) is 20.6 Å². The van der Waals surface area contributed by atoms with Gasteiger partial charge < -0.3 is 5.11 Å². The molecule has 1 aromatic heterocycles. The molecule has 0 bridgehead atoms. The van der Waals surface area contributed by atoms with E-state index in [1.807, 2.05) is 31.4 Å². The van der Waals surface area contributed by atoms with Gasteiger partial charge in [0, 0.05) is 24.6 Å². The second-order valence-electron chi connectivity index (χ2n) is 4.20. The highest BCUT2D eigenvalue weighted by molar-refractivity contribution is 7.99. The van der Waals surface area contributed by atoms with E-state index in [-0.39, 0.29) is 0 Å². The van der Waals surface area contributed by atoms with Crippen molar-refractivity contribution in [2.75, 3.05) is 5.75 Å². The monoisotopic (exact) mass is 262 g/mol. The Hall–Kier alpha value is -1.26. The quantitative estimate of drug-likeness (QED) is 0.842. The molecule has 0 saturated carbocycles. The normalized spacial score (nSPS) is 12.6. The maximum absolute atomic E-state index is 10.1. The molecule has 0 spiro atoms. The van der Waals surface area contributed by atoms with Gasteiger partial charge in [-0.25, -0.2) is 0 Å². The Morgan fingerprint density at radius 2 is 2.00 bits per heavy atom. The van der Waals surface area contributed by atoms with E-state index in [0.717, 1.165) is 17.0 Å². The van der Waals surface area contributed by atoms with E-state index in [4.69, 9.17) is 0 Å². The van der Waals surface area contributed by atoms with E-state index in [1.54, 1.807) is 16.4 Å². The van der Waals surface area contributed by atoms with E-state index in [0.29, 0.717) is 6.42 Å². The van der Waals surface area contributed by atoms with Crippen molar-refractivity contribution in [1.82, 2.24) is 9.78 Å². The van der Waals surface area contributed by atoms with E-state index in [2.05, 4.69) is 24.2 Å². The molecule has 96 valence electrons. The summed E-state index contributed by atoms with van der Waals surface area (Å²) in [5.74, 6) is 1.07. The number of aromatic nitrogens is 2. The number of aryl methyl sites for hydroxylation is 1. The van der Waals surface area contributed by atoms with Gasteiger partial charge in [-0.15, -0.1) is 11.8 Å². The van der Waals surface area contributed by atoms with Crippen molar-refractivity contribution in [3.63, 3.8) is 0 Å². The smallest absolute Gasteiger partial charge is 0.0846 e. The molecule has 0 amide bonds. The number of rotatable bonds is 5. The summed E-state index contributed by atoms with van der Waals surface area (Å²) >= 11 is 1.81. The largest absolute Gasteiger partial charge is 0.388 e. The predicted octanol–water partition coefficient (Wildman–Crippen LogP) is 2.81. The highest BCUT2D eigenvalue weighted by Gasteiger charge is 2.10. The number of aliphatic hydroxyl groups excluding tert-OH is 1. The molecular weight excluding hydrogens is 244 g/mol. The van der Waals surface area contributed by atoms with Crippen LogP contribution in [-0.2, 0) is 13.5 Å². The molecule has 1 aromatic carbocycles. The molecule has 4 heteroatoms. The molecule has 2 aromatic rings. The molecule has 0 aliphatic carbocycles. The van der Waals surface area contributed by atoms with Gasteiger partial charge in [0.2, 0.25) is 0 Å². The summed E-state index contributed by atoms with van der Waals surface area (Å²) in [7, 11) is 1.88. The zero-order valence-electron chi connectivity index (χ0n) is 10.7. The van der Waals surface area contributed by atoms with Crippen molar-refractivity contribution in [3.05, 3.63) is 47.8 Å². The molecule has 1 heterocycles. The fourth-order valence-electron chi connectivity index (χ4n) is 1.84. The lowest BCUT2D eigenvalue weighted by atomic mass is 10.1. The lowest BCUT2D eigenvalue weighted by Crippen LogP contribution is -2.03. The number of thioether (sulfide) groups is 1. The average Bonchev–Trinajstić information content (AvgIpc) is 2.76. The number of aliphatic hydroxyl groups is 1. The van der Waals surface area contributed by atoms with Crippen LogP contribution in [0.4, 0.5) is 0 Å². The van der Waals surface area contributed by atoms with Gasteiger partial charge >= 0.3 is 0 Å². The van der Waals surface area contributed by atoms with Crippen LogP contribution in [0.1, 0.15) is 24.3 Å². The van der Waals surface area contributed by atoms with Gasteiger partial charge in [-0.3, -0.25) is 4.68 Å². The molecule has 2 rings (SSSR count). The maximum atomic E-state index is 10.1. The molecule has 0 saturated heterocycles. The van der Waals surface area contributed by atoms with Gasteiger partial charge in [0.1, 0.15) is 0 Å². The van der Waals surface area contributed by atoms with Crippen LogP contribution in [0.2, 0.25) is 0 Å². The fourth-order valence-corrected chi connectivity index (χ4v) is 2.50. The summed E-state index contributed by atoms with van der Waals surface area (Å²) in [6.07, 6.45) is 1.96. The van der Waals surface area contributed by atoms with Crippen molar-refractivity contribution < 1.29 is 5.11 Å². The summed E-state index contributed by atoms with van der Waals surface area (Å²) in [5.41, 5.74) is 1.86. The van der Waals surface area contributed by atoms with Crippen LogP contribution in [0.15, 0.2) is 41.4 Å². The highest BCUT2D eigenvalue weighted by atomic mass is 32.2. The Morgan fingerprint density at radius 3 is 2.56 bits per heavy atom. The summed E-state index contributed by atoms with van der Waals surface area (Å²) < 4.78 is 1.75. The summed E-state index contributed by atoms with van der Waals surface area (Å²) in [6, 6.07) is 10.0. The number of benzene rings is 1. The van der Waals surface area contributed by atoms with Crippen molar-refractivity contribution in [2.45, 2.75) is 24.3 Å². The fraction of sp³-hybridized carbons (Fsp3) is 0.357. The van der Waals surface area contributed by atoms with Crippen molar-refractivity contribution in [3.8, 4) is 0 Å². The molecule has 0 fully saturated rings. The minimum absolute atomic E-state index is 0.486. The van der Waals surface area contributed by atoms with Crippen LogP contribution in [0.25, 0.3) is 0 Å². The molecule has 0 radical (unpaired) electrons. The average molecular weight is 262 g/mol. The van der Waals surface area contributed by atoms with Crippen molar-refractivity contribution >= 4 is 11.8 Å². The first kappa shape index (κ1) is 13.2. The minimum atomic E-state index is -0.486. The number of hydrogen-bond donors (Lipinski definition) is 1. The number of nitrogens with zero attached hydrogens (tertiary/aromatic N) is 2. The van der Waals surface area contributed by atoms with Crippen LogP contribution < -0.4 is 0 Å². The van der Waals surface area contributed by atoms with Crippen molar-refractivity contribution in [2.24, 2.45) is 7.05 Å². The Balaban J connectivity index is 2.02. The van der Waals surface area contributed by atoms with Crippen LogP contribution in [0, 0.1) is 0 Å². The van der Waals surface area contributed by atoms with Gasteiger partial charge in [-0.05, 0) is 29.5 Å². The summed E-state index contributed by atoms with van der Waals surface area (Å²) in [5, 5.41) is 14.4.